The zero-order chi connectivity index (χ0) is 21.5. The number of nitrogens with zero attached hydrogens (tertiary/aromatic N) is 2. The van der Waals surface area contributed by atoms with Crippen LogP contribution in [0.15, 0.2) is 35.0 Å². The molecular weight excluding hydrogens is 384 g/mol. The van der Waals surface area contributed by atoms with E-state index in [9.17, 15) is 9.90 Å². The van der Waals surface area contributed by atoms with Crippen LogP contribution in [0.3, 0.4) is 0 Å². The quantitative estimate of drug-likeness (QED) is 0.453. The van der Waals surface area contributed by atoms with Gasteiger partial charge in [0.05, 0.1) is 56.2 Å². The Morgan fingerprint density at radius 2 is 2.17 bits per heavy atom. The molecule has 1 aromatic rings. The van der Waals surface area contributed by atoms with Gasteiger partial charge in [0.1, 0.15) is 11.4 Å². The fourth-order valence-electron chi connectivity index (χ4n) is 5.45. The SMILES string of the molecule is CC[C@H]1CN2CC[C@]3(O)C(=Nc4cccc(OC)c43)[C@H]2C[C@@H]1C(=COC)C(=O)OC. The van der Waals surface area contributed by atoms with Crippen molar-refractivity contribution >= 4 is 17.4 Å². The Labute approximate surface area is 177 Å². The van der Waals surface area contributed by atoms with E-state index in [2.05, 4.69) is 11.8 Å². The highest BCUT2D eigenvalue weighted by molar-refractivity contribution is 6.05. The average Bonchev–Trinajstić information content (AvgIpc) is 3.09. The smallest absolute Gasteiger partial charge is 0.337 e. The number of carbonyl (C=O) groups excluding carboxylic acids is 1. The molecule has 1 aromatic carbocycles. The highest BCUT2D eigenvalue weighted by Gasteiger charge is 2.54. The number of aliphatic imine (C=N–C) groups is 1. The van der Waals surface area contributed by atoms with Gasteiger partial charge in [-0.2, -0.15) is 0 Å². The first-order valence-corrected chi connectivity index (χ1v) is 10.5. The minimum atomic E-state index is -1.14. The summed E-state index contributed by atoms with van der Waals surface area (Å²) in [6, 6.07) is 5.63. The fraction of sp³-hybridized carbons (Fsp3) is 0.565. The maximum Gasteiger partial charge on any atom is 0.337 e. The van der Waals surface area contributed by atoms with Crippen molar-refractivity contribution < 1.29 is 24.1 Å². The minimum absolute atomic E-state index is 0.0284. The third-order valence-electron chi connectivity index (χ3n) is 6.92. The van der Waals surface area contributed by atoms with Crippen LogP contribution in [0.5, 0.6) is 5.75 Å². The van der Waals surface area contributed by atoms with Crippen molar-refractivity contribution in [3.8, 4) is 5.75 Å². The van der Waals surface area contributed by atoms with Crippen molar-refractivity contribution in [2.24, 2.45) is 16.8 Å². The standard InChI is InChI=1S/C23H30N2O5/c1-5-14-12-25-10-9-23(27)20-17(7-6-8-19(20)29-3)24-21(23)18(25)11-15(14)16(13-28-2)22(26)30-4/h6-8,13-15,18,27H,5,9-12H2,1-4H3/t14-,15-,18+,23+/m0/s1. The molecule has 0 unspecified atom stereocenters. The van der Waals surface area contributed by atoms with E-state index in [1.807, 2.05) is 18.2 Å². The largest absolute Gasteiger partial charge is 0.504 e. The summed E-state index contributed by atoms with van der Waals surface area (Å²) in [7, 11) is 4.56. The second-order valence-electron chi connectivity index (χ2n) is 8.28. The van der Waals surface area contributed by atoms with Gasteiger partial charge in [0.25, 0.3) is 0 Å². The van der Waals surface area contributed by atoms with Gasteiger partial charge in [0, 0.05) is 13.1 Å². The summed E-state index contributed by atoms with van der Waals surface area (Å²) in [5.74, 6) is 0.569. The molecule has 2 saturated heterocycles. The van der Waals surface area contributed by atoms with Gasteiger partial charge in [-0.15, -0.1) is 0 Å². The number of piperidine rings is 2. The van der Waals surface area contributed by atoms with Crippen molar-refractivity contribution in [2.45, 2.75) is 37.8 Å². The first-order valence-electron chi connectivity index (χ1n) is 10.5. The Kier molecular flexibility index (Phi) is 5.59. The summed E-state index contributed by atoms with van der Waals surface area (Å²) >= 11 is 0. The monoisotopic (exact) mass is 414 g/mol. The van der Waals surface area contributed by atoms with E-state index in [0.717, 1.165) is 36.5 Å². The van der Waals surface area contributed by atoms with Crippen molar-refractivity contribution in [3.63, 3.8) is 0 Å². The molecule has 30 heavy (non-hydrogen) atoms. The summed E-state index contributed by atoms with van der Waals surface area (Å²) in [4.78, 5) is 19.8. The van der Waals surface area contributed by atoms with Crippen LogP contribution in [0.1, 0.15) is 31.7 Å². The highest BCUT2D eigenvalue weighted by atomic mass is 16.5. The van der Waals surface area contributed by atoms with E-state index in [1.54, 1.807) is 14.2 Å². The molecule has 0 bridgehead atoms. The van der Waals surface area contributed by atoms with Crippen LogP contribution in [0.25, 0.3) is 0 Å². The normalized spacial score (nSPS) is 30.6. The van der Waals surface area contributed by atoms with E-state index < -0.39 is 5.60 Å². The second-order valence-corrected chi connectivity index (χ2v) is 8.28. The first kappa shape index (κ1) is 20.9. The third-order valence-corrected chi connectivity index (χ3v) is 6.92. The van der Waals surface area contributed by atoms with Crippen molar-refractivity contribution in [2.75, 3.05) is 34.4 Å². The van der Waals surface area contributed by atoms with Crippen molar-refractivity contribution in [1.29, 1.82) is 0 Å². The van der Waals surface area contributed by atoms with E-state index in [0.29, 0.717) is 30.1 Å². The minimum Gasteiger partial charge on any atom is -0.504 e. The molecule has 3 aliphatic rings. The molecular formula is C23H30N2O5. The molecule has 3 aliphatic heterocycles. The second kappa shape index (κ2) is 8.04. The number of methoxy groups -OCH3 is 3. The average molecular weight is 415 g/mol. The summed E-state index contributed by atoms with van der Waals surface area (Å²) in [5, 5.41) is 11.8. The summed E-state index contributed by atoms with van der Waals surface area (Å²) < 4.78 is 15.8. The maximum absolute atomic E-state index is 12.5. The summed E-state index contributed by atoms with van der Waals surface area (Å²) in [6.45, 7) is 3.75. The lowest BCUT2D eigenvalue weighted by Crippen LogP contribution is -2.60. The molecule has 7 heteroatoms. The Morgan fingerprint density at radius 1 is 1.37 bits per heavy atom. The van der Waals surface area contributed by atoms with Crippen molar-refractivity contribution in [3.05, 3.63) is 35.6 Å². The van der Waals surface area contributed by atoms with Crippen LogP contribution in [-0.4, -0.2) is 62.1 Å². The van der Waals surface area contributed by atoms with E-state index in [1.165, 1.54) is 13.4 Å². The van der Waals surface area contributed by atoms with Crippen LogP contribution in [0, 0.1) is 11.8 Å². The number of ether oxygens (including phenoxy) is 3. The lowest BCUT2D eigenvalue weighted by Gasteiger charge is -2.50. The van der Waals surface area contributed by atoms with E-state index in [4.69, 9.17) is 19.2 Å². The van der Waals surface area contributed by atoms with E-state index >= 15 is 0 Å². The molecule has 0 radical (unpaired) electrons. The number of carbonyl (C=O) groups is 1. The number of hydrogen-bond donors (Lipinski definition) is 1. The molecule has 4 rings (SSSR count). The Bertz CT molecular complexity index is 896. The molecule has 0 spiro atoms. The lowest BCUT2D eigenvalue weighted by molar-refractivity contribution is -0.137. The van der Waals surface area contributed by atoms with Crippen LogP contribution < -0.4 is 4.74 Å². The highest BCUT2D eigenvalue weighted by Crippen LogP contribution is 2.51. The van der Waals surface area contributed by atoms with Gasteiger partial charge in [-0.25, -0.2) is 4.79 Å². The number of fused-ring (bicyclic) bond motifs is 5. The predicted molar refractivity (Wildman–Crippen MR) is 113 cm³/mol. The number of rotatable bonds is 5. The molecule has 0 amide bonds. The Hall–Kier alpha value is -2.38. The van der Waals surface area contributed by atoms with Crippen LogP contribution in [-0.2, 0) is 19.9 Å². The zero-order valence-corrected chi connectivity index (χ0v) is 18.1. The van der Waals surface area contributed by atoms with Gasteiger partial charge in [-0.05, 0) is 36.8 Å². The first-order chi connectivity index (χ1) is 14.5. The van der Waals surface area contributed by atoms with Gasteiger partial charge >= 0.3 is 5.97 Å². The Balaban J connectivity index is 1.72. The number of aliphatic hydroxyl groups is 1. The van der Waals surface area contributed by atoms with Gasteiger partial charge < -0.3 is 19.3 Å². The molecule has 0 aromatic heterocycles. The molecule has 0 aliphatic carbocycles. The van der Waals surface area contributed by atoms with E-state index in [-0.39, 0.29) is 17.9 Å². The molecule has 3 heterocycles. The van der Waals surface area contributed by atoms with Gasteiger partial charge in [0.2, 0.25) is 0 Å². The van der Waals surface area contributed by atoms with Crippen LogP contribution in [0.4, 0.5) is 5.69 Å². The van der Waals surface area contributed by atoms with Crippen LogP contribution in [0.2, 0.25) is 0 Å². The molecule has 2 fully saturated rings. The summed E-state index contributed by atoms with van der Waals surface area (Å²) in [6.07, 6.45) is 3.71. The molecule has 1 N–H and O–H groups in total. The molecule has 162 valence electrons. The molecule has 7 nitrogen and oxygen atoms in total. The fourth-order valence-corrected chi connectivity index (χ4v) is 5.45. The third kappa shape index (κ3) is 3.11. The maximum atomic E-state index is 12.5. The van der Waals surface area contributed by atoms with Crippen molar-refractivity contribution in [1.82, 2.24) is 4.90 Å². The predicted octanol–water partition coefficient (Wildman–Crippen LogP) is 2.79. The molecule has 4 atom stereocenters. The Morgan fingerprint density at radius 3 is 2.83 bits per heavy atom. The topological polar surface area (TPSA) is 80.6 Å². The number of esters is 1. The number of benzene rings is 1. The van der Waals surface area contributed by atoms with Gasteiger partial charge in [-0.3, -0.25) is 9.89 Å². The van der Waals surface area contributed by atoms with Gasteiger partial charge in [-0.1, -0.05) is 19.4 Å². The number of hydrogen-bond acceptors (Lipinski definition) is 7. The van der Waals surface area contributed by atoms with Gasteiger partial charge in [0.15, 0.2) is 0 Å². The summed E-state index contributed by atoms with van der Waals surface area (Å²) in [5.41, 5.74) is 1.70. The zero-order valence-electron chi connectivity index (χ0n) is 18.1. The van der Waals surface area contributed by atoms with Crippen LogP contribution >= 0.6 is 0 Å². The lowest BCUT2D eigenvalue weighted by atomic mass is 9.70. The molecule has 0 saturated carbocycles.